The standard InChI is InChI=1S/C21H27N5O/c1-3-19-23-18(24-27-19)14-26-15-22-20(16-9-6-5-7-10-16)21(26)17-11-8-12-25(4-2)13-17/h5-7,9-10,15,17H,3-4,8,11-14H2,1-2H3/t17-/m1/s1. The van der Waals surface area contributed by atoms with E-state index in [0.717, 1.165) is 25.2 Å². The second kappa shape index (κ2) is 8.05. The van der Waals surface area contributed by atoms with Crippen LogP contribution in [0, 0.1) is 0 Å². The molecular formula is C21H27N5O. The van der Waals surface area contributed by atoms with Crippen LogP contribution in [0.3, 0.4) is 0 Å². The van der Waals surface area contributed by atoms with E-state index >= 15 is 0 Å². The quantitative estimate of drug-likeness (QED) is 0.666. The predicted molar refractivity (Wildman–Crippen MR) is 105 cm³/mol. The zero-order chi connectivity index (χ0) is 18.6. The molecule has 1 aliphatic heterocycles. The van der Waals surface area contributed by atoms with Gasteiger partial charge in [-0.3, -0.25) is 0 Å². The topological polar surface area (TPSA) is 60.0 Å². The fraction of sp³-hybridized carbons (Fsp3) is 0.476. The number of piperidine rings is 1. The van der Waals surface area contributed by atoms with Gasteiger partial charge in [0.05, 0.1) is 24.3 Å². The summed E-state index contributed by atoms with van der Waals surface area (Å²) in [5.41, 5.74) is 3.54. The first-order chi connectivity index (χ1) is 13.3. The molecule has 1 aromatic carbocycles. The molecule has 6 heteroatoms. The van der Waals surface area contributed by atoms with Crippen LogP contribution in [-0.4, -0.2) is 44.2 Å². The third kappa shape index (κ3) is 3.81. The molecule has 4 rings (SSSR count). The highest BCUT2D eigenvalue weighted by molar-refractivity contribution is 5.62. The Bertz CT molecular complexity index is 870. The Morgan fingerprint density at radius 1 is 1.19 bits per heavy atom. The van der Waals surface area contributed by atoms with Crippen molar-refractivity contribution < 1.29 is 4.52 Å². The van der Waals surface area contributed by atoms with Crippen molar-refractivity contribution in [3.05, 3.63) is 54.1 Å². The molecule has 0 spiro atoms. The van der Waals surface area contributed by atoms with E-state index in [-0.39, 0.29) is 0 Å². The van der Waals surface area contributed by atoms with Gasteiger partial charge < -0.3 is 14.0 Å². The fourth-order valence-electron chi connectivity index (χ4n) is 3.98. The minimum absolute atomic E-state index is 0.467. The third-order valence-corrected chi connectivity index (χ3v) is 5.39. The molecule has 0 N–H and O–H groups in total. The van der Waals surface area contributed by atoms with Crippen LogP contribution in [0.15, 0.2) is 41.2 Å². The first-order valence-electron chi connectivity index (χ1n) is 9.92. The average molecular weight is 365 g/mol. The Kier molecular flexibility index (Phi) is 5.34. The summed E-state index contributed by atoms with van der Waals surface area (Å²) < 4.78 is 7.51. The lowest BCUT2D eigenvalue weighted by atomic mass is 9.91. The van der Waals surface area contributed by atoms with E-state index in [1.54, 1.807) is 0 Å². The van der Waals surface area contributed by atoms with Crippen LogP contribution in [0.25, 0.3) is 11.3 Å². The van der Waals surface area contributed by atoms with Crippen LogP contribution in [-0.2, 0) is 13.0 Å². The van der Waals surface area contributed by atoms with Crippen molar-refractivity contribution in [2.45, 2.75) is 45.6 Å². The van der Waals surface area contributed by atoms with E-state index in [2.05, 4.69) is 50.8 Å². The van der Waals surface area contributed by atoms with Crippen molar-refractivity contribution >= 4 is 0 Å². The Labute approximate surface area is 160 Å². The Balaban J connectivity index is 1.71. The highest BCUT2D eigenvalue weighted by Gasteiger charge is 2.27. The number of likely N-dealkylation sites (N-methyl/N-ethyl adjacent to an activating group) is 1. The highest BCUT2D eigenvalue weighted by Crippen LogP contribution is 2.34. The lowest BCUT2D eigenvalue weighted by Gasteiger charge is -2.32. The summed E-state index contributed by atoms with van der Waals surface area (Å²) in [7, 11) is 0. The summed E-state index contributed by atoms with van der Waals surface area (Å²) >= 11 is 0. The number of imidazole rings is 1. The Morgan fingerprint density at radius 3 is 2.78 bits per heavy atom. The molecule has 1 atom stereocenters. The average Bonchev–Trinajstić information content (AvgIpc) is 3.36. The van der Waals surface area contributed by atoms with Gasteiger partial charge in [0, 0.05) is 24.4 Å². The second-order valence-electron chi connectivity index (χ2n) is 7.16. The highest BCUT2D eigenvalue weighted by atomic mass is 16.5. The zero-order valence-electron chi connectivity index (χ0n) is 16.1. The summed E-state index contributed by atoms with van der Waals surface area (Å²) in [6, 6.07) is 10.5. The van der Waals surface area contributed by atoms with Crippen molar-refractivity contribution in [3.63, 3.8) is 0 Å². The third-order valence-electron chi connectivity index (χ3n) is 5.39. The van der Waals surface area contributed by atoms with Crippen molar-refractivity contribution in [3.8, 4) is 11.3 Å². The van der Waals surface area contributed by atoms with Crippen LogP contribution in [0.2, 0.25) is 0 Å². The molecule has 0 aliphatic carbocycles. The van der Waals surface area contributed by atoms with Crippen molar-refractivity contribution in [1.29, 1.82) is 0 Å². The molecule has 27 heavy (non-hydrogen) atoms. The van der Waals surface area contributed by atoms with Crippen LogP contribution < -0.4 is 0 Å². The smallest absolute Gasteiger partial charge is 0.226 e. The van der Waals surface area contributed by atoms with Gasteiger partial charge in [0.25, 0.3) is 0 Å². The molecule has 0 unspecified atom stereocenters. The van der Waals surface area contributed by atoms with Crippen molar-refractivity contribution in [1.82, 2.24) is 24.6 Å². The lowest BCUT2D eigenvalue weighted by Crippen LogP contribution is -2.35. The molecule has 1 fully saturated rings. The minimum Gasteiger partial charge on any atom is -0.339 e. The van der Waals surface area contributed by atoms with Crippen LogP contribution in [0.1, 0.15) is 50.0 Å². The largest absolute Gasteiger partial charge is 0.339 e. The van der Waals surface area contributed by atoms with Gasteiger partial charge in [0.15, 0.2) is 5.82 Å². The first-order valence-corrected chi connectivity index (χ1v) is 9.92. The maximum absolute atomic E-state index is 5.29. The number of rotatable bonds is 6. The van der Waals surface area contributed by atoms with Gasteiger partial charge in [-0.1, -0.05) is 49.3 Å². The molecule has 1 aliphatic rings. The van der Waals surface area contributed by atoms with Gasteiger partial charge in [-0.2, -0.15) is 4.98 Å². The molecule has 3 aromatic rings. The molecule has 2 aromatic heterocycles. The van der Waals surface area contributed by atoms with E-state index in [9.17, 15) is 0 Å². The molecule has 6 nitrogen and oxygen atoms in total. The zero-order valence-corrected chi connectivity index (χ0v) is 16.1. The van der Waals surface area contributed by atoms with E-state index in [4.69, 9.17) is 9.51 Å². The summed E-state index contributed by atoms with van der Waals surface area (Å²) in [5, 5.41) is 4.14. The van der Waals surface area contributed by atoms with Gasteiger partial charge in [-0.05, 0) is 25.9 Å². The van der Waals surface area contributed by atoms with E-state index in [0.29, 0.717) is 24.2 Å². The number of nitrogens with zero attached hydrogens (tertiary/aromatic N) is 5. The van der Waals surface area contributed by atoms with Gasteiger partial charge in [0.2, 0.25) is 5.89 Å². The minimum atomic E-state index is 0.467. The lowest BCUT2D eigenvalue weighted by molar-refractivity contribution is 0.214. The van der Waals surface area contributed by atoms with E-state index < -0.39 is 0 Å². The van der Waals surface area contributed by atoms with Gasteiger partial charge in [-0.25, -0.2) is 4.98 Å². The number of aromatic nitrogens is 4. The summed E-state index contributed by atoms with van der Waals surface area (Å²) in [4.78, 5) is 11.8. The normalized spacial score (nSPS) is 18.1. The maximum Gasteiger partial charge on any atom is 0.226 e. The molecule has 0 amide bonds. The summed E-state index contributed by atoms with van der Waals surface area (Å²) in [6.07, 6.45) is 5.10. The van der Waals surface area contributed by atoms with Crippen LogP contribution >= 0.6 is 0 Å². The fourth-order valence-corrected chi connectivity index (χ4v) is 3.98. The number of benzene rings is 1. The number of hydrogen-bond donors (Lipinski definition) is 0. The molecule has 0 bridgehead atoms. The van der Waals surface area contributed by atoms with Crippen molar-refractivity contribution in [2.75, 3.05) is 19.6 Å². The summed E-state index contributed by atoms with van der Waals surface area (Å²) in [6.45, 7) is 8.22. The molecule has 1 saturated heterocycles. The van der Waals surface area contributed by atoms with E-state index in [1.807, 2.05) is 19.3 Å². The molecular weight excluding hydrogens is 338 g/mol. The molecule has 0 saturated carbocycles. The number of hydrogen-bond acceptors (Lipinski definition) is 5. The van der Waals surface area contributed by atoms with Crippen LogP contribution in [0.4, 0.5) is 0 Å². The summed E-state index contributed by atoms with van der Waals surface area (Å²) in [5.74, 6) is 1.87. The second-order valence-corrected chi connectivity index (χ2v) is 7.16. The molecule has 3 heterocycles. The first kappa shape index (κ1) is 17.9. The molecule has 142 valence electrons. The van der Waals surface area contributed by atoms with Gasteiger partial charge in [0.1, 0.15) is 0 Å². The predicted octanol–water partition coefficient (Wildman–Crippen LogP) is 3.74. The van der Waals surface area contributed by atoms with Crippen LogP contribution in [0.5, 0.6) is 0 Å². The monoisotopic (exact) mass is 365 g/mol. The number of likely N-dealkylation sites (tertiary alicyclic amines) is 1. The van der Waals surface area contributed by atoms with E-state index in [1.165, 1.54) is 30.6 Å². The molecule has 0 radical (unpaired) electrons. The Hall–Kier alpha value is -2.47. The van der Waals surface area contributed by atoms with Crippen molar-refractivity contribution in [2.24, 2.45) is 0 Å². The Morgan fingerprint density at radius 2 is 2.04 bits per heavy atom. The SMILES string of the molecule is CCc1nc(Cn2cnc(-c3ccccc3)c2[C@@H]2CCCN(CC)C2)no1. The number of aryl methyl sites for hydroxylation is 1. The maximum atomic E-state index is 5.29. The van der Waals surface area contributed by atoms with Gasteiger partial charge >= 0.3 is 0 Å². The van der Waals surface area contributed by atoms with Gasteiger partial charge in [-0.15, -0.1) is 0 Å².